The Morgan fingerprint density at radius 3 is 2.25 bits per heavy atom. The Kier molecular flexibility index (Phi) is 11.3. The van der Waals surface area contributed by atoms with Crippen molar-refractivity contribution in [3.63, 3.8) is 0 Å². The summed E-state index contributed by atoms with van der Waals surface area (Å²) in [5, 5.41) is 0. The molecule has 0 amide bonds. The summed E-state index contributed by atoms with van der Waals surface area (Å²) in [6.07, 6.45) is 6.12. The summed E-state index contributed by atoms with van der Waals surface area (Å²) < 4.78 is 0. The molecule has 0 aliphatic rings. The van der Waals surface area contributed by atoms with Crippen LogP contribution in [0.15, 0.2) is 0 Å². The summed E-state index contributed by atoms with van der Waals surface area (Å²) in [5.41, 5.74) is 5.56. The molecule has 2 N–H and O–H groups in total. The van der Waals surface area contributed by atoms with Gasteiger partial charge < -0.3 is 5.73 Å². The lowest BCUT2D eigenvalue weighted by Gasteiger charge is -2.11. The van der Waals surface area contributed by atoms with Crippen LogP contribution in [0.4, 0.5) is 0 Å². The van der Waals surface area contributed by atoms with E-state index in [1.807, 2.05) is 0 Å². The van der Waals surface area contributed by atoms with Crippen molar-refractivity contribution >= 4 is 29.6 Å². The van der Waals surface area contributed by atoms with E-state index in [2.05, 4.69) is 13.8 Å². The Morgan fingerprint density at radius 2 is 1.92 bits per heavy atom. The van der Waals surface area contributed by atoms with Crippen LogP contribution in [0, 0.1) is 5.92 Å². The second-order valence-electron chi connectivity index (χ2n) is 3.00. The molecule has 0 aliphatic carbocycles. The molecule has 1 unspecified atom stereocenters. The third-order valence-electron chi connectivity index (χ3n) is 2.05. The van der Waals surface area contributed by atoms with Crippen molar-refractivity contribution in [2.45, 2.75) is 46.0 Å². The van der Waals surface area contributed by atoms with Crippen LogP contribution < -0.4 is 5.73 Å². The van der Waals surface area contributed by atoms with Gasteiger partial charge in [0.25, 0.3) is 0 Å². The van der Waals surface area contributed by atoms with Crippen molar-refractivity contribution in [3.05, 3.63) is 0 Å². The zero-order valence-corrected chi connectivity index (χ0v) is 9.64. The maximum Gasteiger partial charge on any atom is 0.0758 e. The van der Waals surface area contributed by atoms with Gasteiger partial charge in [0.15, 0.2) is 0 Å². The molecule has 0 aliphatic heterocycles. The molecule has 0 bridgehead atoms. The molecule has 3 heteroatoms. The number of nitrogens with two attached hydrogens (primary N) is 1. The van der Waals surface area contributed by atoms with Crippen LogP contribution in [0.1, 0.15) is 46.0 Å². The lowest BCUT2D eigenvalue weighted by atomic mass is 9.99. The zero-order chi connectivity index (χ0) is 8.69. The van der Waals surface area contributed by atoms with Crippen molar-refractivity contribution in [1.82, 2.24) is 0 Å². The molecule has 0 spiro atoms. The molecular weight excluding hydrogens is 190 g/mol. The van der Waals surface area contributed by atoms with Crippen LogP contribution in [0.2, 0.25) is 0 Å². The molecule has 74 valence electrons. The Balaban J connectivity index is 0. The van der Waals surface area contributed by atoms with Gasteiger partial charge in [0.05, 0.1) is 4.99 Å². The Hall–Kier alpha value is 0.180. The standard InChI is InChI=1S/C9H19NS.ClH/c1-3-5-6-7-8(4-2)9(10)11;/h8H,3-7H2,1-2H3,(H2,10,11);1H. The molecule has 0 saturated carbocycles. The van der Waals surface area contributed by atoms with Gasteiger partial charge in [-0.1, -0.05) is 45.3 Å². The Morgan fingerprint density at radius 1 is 1.33 bits per heavy atom. The Bertz CT molecular complexity index is 117. The third-order valence-corrected chi connectivity index (χ3v) is 2.38. The highest BCUT2D eigenvalue weighted by Crippen LogP contribution is 2.13. The fraction of sp³-hybridized carbons (Fsp3) is 0.889. The van der Waals surface area contributed by atoms with Gasteiger partial charge in [-0.05, 0) is 12.8 Å². The van der Waals surface area contributed by atoms with E-state index in [1.165, 1.54) is 25.7 Å². The van der Waals surface area contributed by atoms with Crippen LogP contribution in [-0.2, 0) is 0 Å². The fourth-order valence-electron chi connectivity index (χ4n) is 1.19. The van der Waals surface area contributed by atoms with E-state index in [0.717, 1.165) is 6.42 Å². The maximum absolute atomic E-state index is 5.56. The van der Waals surface area contributed by atoms with Gasteiger partial charge in [0, 0.05) is 5.92 Å². The largest absolute Gasteiger partial charge is 0.393 e. The molecule has 0 aromatic heterocycles. The molecule has 0 saturated heterocycles. The van der Waals surface area contributed by atoms with Crippen molar-refractivity contribution < 1.29 is 0 Å². The van der Waals surface area contributed by atoms with Crippen molar-refractivity contribution in [2.75, 3.05) is 0 Å². The van der Waals surface area contributed by atoms with Gasteiger partial charge in [-0.25, -0.2) is 0 Å². The predicted octanol–water partition coefficient (Wildman–Crippen LogP) is 3.30. The quantitative estimate of drug-likeness (QED) is 0.537. The highest BCUT2D eigenvalue weighted by Gasteiger charge is 2.07. The SMILES string of the molecule is CCCCCC(CC)C(N)=S.Cl. The molecule has 0 radical (unpaired) electrons. The van der Waals surface area contributed by atoms with Crippen LogP contribution >= 0.6 is 24.6 Å². The maximum atomic E-state index is 5.56. The lowest BCUT2D eigenvalue weighted by molar-refractivity contribution is 0.553. The molecule has 0 aromatic carbocycles. The van der Waals surface area contributed by atoms with E-state index < -0.39 is 0 Å². The summed E-state index contributed by atoms with van der Waals surface area (Å²) in [5.74, 6) is 0.483. The monoisotopic (exact) mass is 209 g/mol. The van der Waals surface area contributed by atoms with E-state index in [1.54, 1.807) is 0 Å². The van der Waals surface area contributed by atoms with Gasteiger partial charge in [-0.2, -0.15) is 0 Å². The number of hydrogen-bond acceptors (Lipinski definition) is 1. The van der Waals surface area contributed by atoms with E-state index >= 15 is 0 Å². The predicted molar refractivity (Wildman–Crippen MR) is 62.0 cm³/mol. The molecule has 1 atom stereocenters. The van der Waals surface area contributed by atoms with E-state index in [-0.39, 0.29) is 12.4 Å². The average Bonchev–Trinajstić information content (AvgIpc) is 1.97. The highest BCUT2D eigenvalue weighted by molar-refractivity contribution is 7.80. The first-order valence-corrected chi connectivity index (χ1v) is 4.92. The first-order chi connectivity index (χ1) is 5.22. The van der Waals surface area contributed by atoms with Crippen LogP contribution in [0.25, 0.3) is 0 Å². The number of thiocarbonyl (C=S) groups is 1. The lowest BCUT2D eigenvalue weighted by Crippen LogP contribution is -2.20. The van der Waals surface area contributed by atoms with E-state index in [9.17, 15) is 0 Å². The summed E-state index contributed by atoms with van der Waals surface area (Å²) in [4.78, 5) is 0.698. The number of halogens is 1. The normalized spacial score (nSPS) is 11.8. The summed E-state index contributed by atoms with van der Waals surface area (Å²) >= 11 is 4.94. The van der Waals surface area contributed by atoms with Gasteiger partial charge in [-0.3, -0.25) is 0 Å². The minimum Gasteiger partial charge on any atom is -0.393 e. The van der Waals surface area contributed by atoms with Crippen LogP contribution in [0.3, 0.4) is 0 Å². The first kappa shape index (κ1) is 14.7. The van der Waals surface area contributed by atoms with Gasteiger partial charge in [0.1, 0.15) is 0 Å². The van der Waals surface area contributed by atoms with Crippen molar-refractivity contribution in [3.8, 4) is 0 Å². The fourth-order valence-corrected chi connectivity index (χ4v) is 1.47. The Labute approximate surface area is 87.5 Å². The molecule has 0 fully saturated rings. The number of rotatable bonds is 6. The third kappa shape index (κ3) is 6.86. The second-order valence-corrected chi connectivity index (χ2v) is 3.47. The van der Waals surface area contributed by atoms with Gasteiger partial charge >= 0.3 is 0 Å². The zero-order valence-electron chi connectivity index (χ0n) is 8.01. The van der Waals surface area contributed by atoms with Gasteiger partial charge in [0.2, 0.25) is 0 Å². The van der Waals surface area contributed by atoms with Crippen LogP contribution in [0.5, 0.6) is 0 Å². The first-order valence-electron chi connectivity index (χ1n) is 4.51. The molecule has 1 nitrogen and oxygen atoms in total. The molecule has 12 heavy (non-hydrogen) atoms. The topological polar surface area (TPSA) is 26.0 Å². The summed E-state index contributed by atoms with van der Waals surface area (Å²) in [7, 11) is 0. The highest BCUT2D eigenvalue weighted by atomic mass is 35.5. The minimum absolute atomic E-state index is 0. The van der Waals surface area contributed by atoms with Gasteiger partial charge in [-0.15, -0.1) is 12.4 Å². The second kappa shape index (κ2) is 9.27. The molecule has 0 rings (SSSR count). The molecular formula is C9H20ClNS. The minimum atomic E-state index is 0. The van der Waals surface area contributed by atoms with E-state index in [0.29, 0.717) is 10.9 Å². The van der Waals surface area contributed by atoms with E-state index in [4.69, 9.17) is 18.0 Å². The smallest absolute Gasteiger partial charge is 0.0758 e. The average molecular weight is 210 g/mol. The van der Waals surface area contributed by atoms with Crippen molar-refractivity contribution in [1.29, 1.82) is 0 Å². The van der Waals surface area contributed by atoms with Crippen molar-refractivity contribution in [2.24, 2.45) is 11.7 Å². The summed E-state index contributed by atoms with van der Waals surface area (Å²) in [6, 6.07) is 0. The number of hydrogen-bond donors (Lipinski definition) is 1. The summed E-state index contributed by atoms with van der Waals surface area (Å²) in [6.45, 7) is 4.36. The number of unbranched alkanes of at least 4 members (excludes halogenated alkanes) is 2. The van der Waals surface area contributed by atoms with Crippen LogP contribution in [-0.4, -0.2) is 4.99 Å². The molecule has 0 aromatic rings. The molecule has 0 heterocycles.